The fourth-order valence-electron chi connectivity index (χ4n) is 2.40. The predicted molar refractivity (Wildman–Crippen MR) is 108 cm³/mol. The average Bonchev–Trinajstić information content (AvgIpc) is 2.68. The van der Waals surface area contributed by atoms with Gasteiger partial charge in [0.15, 0.2) is 6.10 Å². The highest BCUT2D eigenvalue weighted by Crippen LogP contribution is 2.31. The van der Waals surface area contributed by atoms with Gasteiger partial charge in [0, 0.05) is 17.5 Å². The number of hydrogen-bond acceptors (Lipinski definition) is 5. The van der Waals surface area contributed by atoms with Crippen LogP contribution >= 0.6 is 11.6 Å². The van der Waals surface area contributed by atoms with Gasteiger partial charge in [-0.2, -0.15) is 0 Å². The van der Waals surface area contributed by atoms with Crippen LogP contribution < -0.4 is 14.8 Å². The van der Waals surface area contributed by atoms with Gasteiger partial charge in [-0.05, 0) is 44.0 Å². The van der Waals surface area contributed by atoms with Crippen LogP contribution in [0.25, 0.3) is 0 Å². The lowest BCUT2D eigenvalue weighted by Gasteiger charge is -2.16. The van der Waals surface area contributed by atoms with Crippen molar-refractivity contribution >= 4 is 29.2 Å². The molecule has 0 spiro atoms. The van der Waals surface area contributed by atoms with Crippen molar-refractivity contribution in [3.63, 3.8) is 0 Å². The van der Waals surface area contributed by atoms with Gasteiger partial charge in [-0.25, -0.2) is 0 Å². The van der Waals surface area contributed by atoms with Crippen LogP contribution in [0.2, 0.25) is 5.02 Å². The Morgan fingerprint density at radius 3 is 2.57 bits per heavy atom. The molecule has 1 N–H and O–H groups in total. The summed E-state index contributed by atoms with van der Waals surface area (Å²) in [5.74, 6) is 0.267. The van der Waals surface area contributed by atoms with Crippen molar-refractivity contribution in [2.45, 2.75) is 32.8 Å². The zero-order valence-corrected chi connectivity index (χ0v) is 16.9. The second kappa shape index (κ2) is 10.6. The third-order valence-electron chi connectivity index (χ3n) is 3.95. The Kier molecular flexibility index (Phi) is 8.14. The summed E-state index contributed by atoms with van der Waals surface area (Å²) in [5, 5.41) is 3.23. The number of benzene rings is 2. The first-order valence-corrected chi connectivity index (χ1v) is 9.31. The predicted octanol–water partition coefficient (Wildman–Crippen LogP) is 4.39. The molecule has 0 unspecified atom stereocenters. The van der Waals surface area contributed by atoms with Gasteiger partial charge in [0.2, 0.25) is 0 Å². The highest BCUT2D eigenvalue weighted by atomic mass is 35.5. The molecule has 1 atom stereocenters. The number of carbonyl (C=O) groups excluding carboxylic acids is 2. The summed E-state index contributed by atoms with van der Waals surface area (Å²) >= 11 is 6.06. The lowest BCUT2D eigenvalue weighted by Crippen LogP contribution is -2.30. The molecule has 0 saturated carbocycles. The number of halogens is 1. The fraction of sp³-hybridized carbons (Fsp3) is 0.333. The molecule has 2 rings (SSSR count). The van der Waals surface area contributed by atoms with Gasteiger partial charge in [0.1, 0.15) is 11.5 Å². The summed E-state index contributed by atoms with van der Waals surface area (Å²) in [6, 6.07) is 12.7. The van der Waals surface area contributed by atoms with Gasteiger partial charge in [-0.3, -0.25) is 9.59 Å². The van der Waals surface area contributed by atoms with E-state index in [-0.39, 0.29) is 6.42 Å². The maximum atomic E-state index is 12.3. The molecule has 0 aliphatic rings. The molecule has 6 nitrogen and oxygen atoms in total. The Morgan fingerprint density at radius 1 is 1.18 bits per heavy atom. The highest BCUT2D eigenvalue weighted by Gasteiger charge is 2.19. The number of nitrogens with one attached hydrogen (secondary N) is 1. The fourth-order valence-corrected chi connectivity index (χ4v) is 2.55. The van der Waals surface area contributed by atoms with E-state index in [1.54, 1.807) is 12.1 Å². The van der Waals surface area contributed by atoms with Crippen LogP contribution in [0, 0.1) is 6.92 Å². The van der Waals surface area contributed by atoms with Crippen LogP contribution in [-0.2, 0) is 14.3 Å². The van der Waals surface area contributed by atoms with Gasteiger partial charge in [-0.1, -0.05) is 29.8 Å². The molecule has 1 amide bonds. The molecular weight excluding hydrogens is 382 g/mol. The van der Waals surface area contributed by atoms with Crippen molar-refractivity contribution in [3.8, 4) is 11.5 Å². The topological polar surface area (TPSA) is 73.9 Å². The number of para-hydroxylation sites is 1. The van der Waals surface area contributed by atoms with Crippen LogP contribution in [0.4, 0.5) is 5.69 Å². The lowest BCUT2D eigenvalue weighted by atomic mass is 10.2. The minimum Gasteiger partial charge on any atom is -0.495 e. The molecule has 0 aliphatic carbocycles. The SMILES string of the molecule is COc1cc(Cl)c(C)cc1NC(=O)[C@@H](C)OC(=O)CCCOc1ccccc1. The van der Waals surface area contributed by atoms with Crippen LogP contribution in [-0.4, -0.2) is 31.7 Å². The number of rotatable bonds is 9. The molecule has 0 bridgehead atoms. The van der Waals surface area contributed by atoms with Gasteiger partial charge in [0.25, 0.3) is 5.91 Å². The first-order chi connectivity index (χ1) is 13.4. The molecular formula is C21H24ClNO5. The quantitative estimate of drug-likeness (QED) is 0.494. The van der Waals surface area contributed by atoms with Gasteiger partial charge >= 0.3 is 5.97 Å². The van der Waals surface area contributed by atoms with Crippen LogP contribution in [0.15, 0.2) is 42.5 Å². The smallest absolute Gasteiger partial charge is 0.306 e. The van der Waals surface area contributed by atoms with Crippen molar-refractivity contribution < 1.29 is 23.8 Å². The number of ether oxygens (including phenoxy) is 3. The number of esters is 1. The number of hydrogen-bond donors (Lipinski definition) is 1. The van der Waals surface area contributed by atoms with E-state index in [0.29, 0.717) is 29.5 Å². The van der Waals surface area contributed by atoms with Gasteiger partial charge < -0.3 is 19.5 Å². The zero-order chi connectivity index (χ0) is 20.5. The van der Waals surface area contributed by atoms with E-state index in [2.05, 4.69) is 5.32 Å². The van der Waals surface area contributed by atoms with Crippen molar-refractivity contribution in [2.24, 2.45) is 0 Å². The van der Waals surface area contributed by atoms with E-state index in [1.807, 2.05) is 37.3 Å². The largest absolute Gasteiger partial charge is 0.495 e. The standard InChI is InChI=1S/C21H24ClNO5/c1-14-12-18(19(26-3)13-17(14)22)23-21(25)15(2)28-20(24)10-7-11-27-16-8-5-4-6-9-16/h4-6,8-9,12-13,15H,7,10-11H2,1-3H3,(H,23,25)/t15-/m1/s1. The Morgan fingerprint density at radius 2 is 1.89 bits per heavy atom. The summed E-state index contributed by atoms with van der Waals surface area (Å²) in [7, 11) is 1.48. The molecule has 150 valence electrons. The number of methoxy groups -OCH3 is 1. The number of carbonyl (C=O) groups is 2. The molecule has 0 heterocycles. The number of anilines is 1. The average molecular weight is 406 g/mol. The monoisotopic (exact) mass is 405 g/mol. The minimum absolute atomic E-state index is 0.161. The molecule has 28 heavy (non-hydrogen) atoms. The maximum absolute atomic E-state index is 12.3. The van der Waals surface area contributed by atoms with E-state index in [4.69, 9.17) is 25.8 Å². The second-order valence-electron chi connectivity index (χ2n) is 6.19. The molecule has 0 saturated heterocycles. The third kappa shape index (κ3) is 6.46. The first kappa shape index (κ1) is 21.6. The first-order valence-electron chi connectivity index (χ1n) is 8.93. The van der Waals surface area contributed by atoms with E-state index >= 15 is 0 Å². The normalized spacial score (nSPS) is 11.4. The molecule has 0 aromatic heterocycles. The molecule has 0 fully saturated rings. The van der Waals surface area contributed by atoms with Crippen LogP contribution in [0.3, 0.4) is 0 Å². The maximum Gasteiger partial charge on any atom is 0.306 e. The van der Waals surface area contributed by atoms with Crippen molar-refractivity contribution in [1.29, 1.82) is 0 Å². The van der Waals surface area contributed by atoms with Crippen LogP contribution in [0.5, 0.6) is 11.5 Å². The number of aryl methyl sites for hydroxylation is 1. The van der Waals surface area contributed by atoms with E-state index in [9.17, 15) is 9.59 Å². The van der Waals surface area contributed by atoms with Crippen molar-refractivity contribution in [1.82, 2.24) is 0 Å². The molecule has 2 aromatic rings. The third-order valence-corrected chi connectivity index (χ3v) is 4.36. The minimum atomic E-state index is -0.941. The van der Waals surface area contributed by atoms with E-state index < -0.39 is 18.0 Å². The van der Waals surface area contributed by atoms with Crippen LogP contribution in [0.1, 0.15) is 25.3 Å². The Labute approximate surface area is 169 Å². The Bertz CT molecular complexity index is 810. The highest BCUT2D eigenvalue weighted by molar-refractivity contribution is 6.31. The van der Waals surface area contributed by atoms with Gasteiger partial charge in [0.05, 0.1) is 19.4 Å². The van der Waals surface area contributed by atoms with E-state index in [1.165, 1.54) is 14.0 Å². The van der Waals surface area contributed by atoms with E-state index in [0.717, 1.165) is 11.3 Å². The van der Waals surface area contributed by atoms with Crippen molar-refractivity contribution in [3.05, 3.63) is 53.1 Å². The lowest BCUT2D eigenvalue weighted by molar-refractivity contribution is -0.153. The molecule has 0 aliphatic heterocycles. The summed E-state index contributed by atoms with van der Waals surface area (Å²) in [5.41, 5.74) is 1.26. The Balaban J connectivity index is 1.78. The van der Waals surface area contributed by atoms with Gasteiger partial charge in [-0.15, -0.1) is 0 Å². The van der Waals surface area contributed by atoms with Crippen molar-refractivity contribution in [2.75, 3.05) is 19.0 Å². The Hall–Kier alpha value is -2.73. The summed E-state index contributed by atoms with van der Waals surface area (Å²) in [6.07, 6.45) is -0.289. The molecule has 2 aromatic carbocycles. The zero-order valence-electron chi connectivity index (χ0n) is 16.2. The summed E-state index contributed by atoms with van der Waals surface area (Å²) in [4.78, 5) is 24.3. The summed E-state index contributed by atoms with van der Waals surface area (Å²) < 4.78 is 15.9. The summed E-state index contributed by atoms with van der Waals surface area (Å²) in [6.45, 7) is 3.72. The molecule has 0 radical (unpaired) electrons. The number of amides is 1. The second-order valence-corrected chi connectivity index (χ2v) is 6.60. The molecule has 7 heteroatoms.